The Morgan fingerprint density at radius 1 is 1.35 bits per heavy atom. The Morgan fingerprint density at radius 3 is 2.71 bits per heavy atom. The van der Waals surface area contributed by atoms with Gasteiger partial charge in [0.2, 0.25) is 11.8 Å². The molecule has 2 amide bonds. The maximum Gasteiger partial charge on any atom is 0.240 e. The van der Waals surface area contributed by atoms with Crippen LogP contribution in [0.2, 0.25) is 0 Å². The number of piperazine rings is 1. The van der Waals surface area contributed by atoms with Crippen LogP contribution in [-0.2, 0) is 22.7 Å². The van der Waals surface area contributed by atoms with Gasteiger partial charge in [0.15, 0.2) is 0 Å². The number of rotatable bonds is 3. The van der Waals surface area contributed by atoms with Crippen molar-refractivity contribution in [2.24, 2.45) is 5.73 Å². The highest BCUT2D eigenvalue weighted by atomic mass is 16.2. The molecule has 0 spiro atoms. The fourth-order valence-electron chi connectivity index (χ4n) is 1.85. The summed E-state index contributed by atoms with van der Waals surface area (Å²) in [5.41, 5.74) is 7.34. The minimum Gasteiger partial charge on any atom is -0.325 e. The first-order chi connectivity index (χ1) is 8.19. The normalized spacial score (nSPS) is 17.0. The van der Waals surface area contributed by atoms with Crippen molar-refractivity contribution in [3.8, 4) is 0 Å². The van der Waals surface area contributed by atoms with Gasteiger partial charge in [0.25, 0.3) is 0 Å². The Labute approximate surface area is 98.8 Å². The number of hydrogen-bond acceptors (Lipinski definition) is 5. The lowest BCUT2D eigenvalue weighted by Gasteiger charge is -2.25. The van der Waals surface area contributed by atoms with Gasteiger partial charge in [-0.15, -0.1) is 0 Å². The van der Waals surface area contributed by atoms with Crippen molar-refractivity contribution >= 4 is 11.8 Å². The van der Waals surface area contributed by atoms with Crippen LogP contribution in [0.25, 0.3) is 0 Å². The zero-order chi connectivity index (χ0) is 12.3. The van der Waals surface area contributed by atoms with Crippen LogP contribution in [0.15, 0.2) is 18.3 Å². The summed E-state index contributed by atoms with van der Waals surface area (Å²) < 4.78 is 0. The van der Waals surface area contributed by atoms with Crippen LogP contribution >= 0.6 is 0 Å². The van der Waals surface area contributed by atoms with Crippen LogP contribution in [0.4, 0.5) is 0 Å². The van der Waals surface area contributed by atoms with Crippen LogP contribution < -0.4 is 11.1 Å². The fourth-order valence-corrected chi connectivity index (χ4v) is 1.85. The molecule has 90 valence electrons. The molecule has 6 nitrogen and oxygen atoms in total. The van der Waals surface area contributed by atoms with Crippen LogP contribution in [0.3, 0.4) is 0 Å². The second-order valence-corrected chi connectivity index (χ2v) is 3.93. The van der Waals surface area contributed by atoms with E-state index >= 15 is 0 Å². The molecule has 1 aromatic heterocycles. The fraction of sp³-hybridized carbons (Fsp3) is 0.364. The molecule has 6 heteroatoms. The van der Waals surface area contributed by atoms with Gasteiger partial charge in [-0.1, -0.05) is 6.07 Å². The predicted molar refractivity (Wildman–Crippen MR) is 60.6 cm³/mol. The molecule has 0 bridgehead atoms. The Balaban J connectivity index is 2.09. The number of aromatic nitrogens is 1. The standard InChI is InChI=1S/C11H14N4O2/c12-4-9-8(2-1-3-13-9)5-15-6-10(16)14-11(17)7-15/h1-3H,4-7,12H2,(H,14,16,17). The molecule has 1 aliphatic heterocycles. The van der Waals surface area contributed by atoms with Crippen LogP contribution in [-0.4, -0.2) is 34.8 Å². The van der Waals surface area contributed by atoms with E-state index in [1.54, 1.807) is 11.1 Å². The van der Waals surface area contributed by atoms with E-state index in [0.717, 1.165) is 11.3 Å². The summed E-state index contributed by atoms with van der Waals surface area (Å²) in [6.45, 7) is 1.32. The lowest BCUT2D eigenvalue weighted by atomic mass is 10.1. The van der Waals surface area contributed by atoms with Crippen molar-refractivity contribution in [2.45, 2.75) is 13.1 Å². The third-order valence-corrected chi connectivity index (χ3v) is 2.59. The molecule has 1 aromatic rings. The largest absolute Gasteiger partial charge is 0.325 e. The maximum absolute atomic E-state index is 11.2. The molecule has 0 aliphatic carbocycles. The van der Waals surface area contributed by atoms with E-state index in [1.165, 1.54) is 0 Å². The van der Waals surface area contributed by atoms with Crippen molar-refractivity contribution in [2.75, 3.05) is 13.1 Å². The molecule has 1 aliphatic rings. The van der Waals surface area contributed by atoms with Gasteiger partial charge in [-0.25, -0.2) is 0 Å². The minimum atomic E-state index is -0.264. The number of nitrogens with one attached hydrogen (secondary N) is 1. The van der Waals surface area contributed by atoms with E-state index in [0.29, 0.717) is 13.1 Å². The van der Waals surface area contributed by atoms with E-state index in [2.05, 4.69) is 10.3 Å². The Kier molecular flexibility index (Phi) is 3.46. The van der Waals surface area contributed by atoms with E-state index in [-0.39, 0.29) is 24.9 Å². The molecular formula is C11H14N4O2. The van der Waals surface area contributed by atoms with Gasteiger partial charge in [-0.3, -0.25) is 24.8 Å². The molecular weight excluding hydrogens is 220 g/mol. The molecule has 3 N–H and O–H groups in total. The third kappa shape index (κ3) is 2.86. The summed E-state index contributed by atoms with van der Waals surface area (Å²) >= 11 is 0. The summed E-state index contributed by atoms with van der Waals surface area (Å²) in [4.78, 5) is 28.4. The van der Waals surface area contributed by atoms with Crippen LogP contribution in [0, 0.1) is 0 Å². The first-order valence-electron chi connectivity index (χ1n) is 5.37. The van der Waals surface area contributed by atoms with Crippen LogP contribution in [0.1, 0.15) is 11.3 Å². The van der Waals surface area contributed by atoms with Crippen LogP contribution in [0.5, 0.6) is 0 Å². The number of carbonyl (C=O) groups excluding carboxylic acids is 2. The minimum absolute atomic E-state index is 0.227. The number of pyridine rings is 1. The molecule has 0 aromatic carbocycles. The molecule has 1 saturated heterocycles. The number of carbonyl (C=O) groups is 2. The van der Waals surface area contributed by atoms with E-state index in [9.17, 15) is 9.59 Å². The lowest BCUT2D eigenvalue weighted by Crippen LogP contribution is -2.51. The summed E-state index contributed by atoms with van der Waals surface area (Å²) in [5.74, 6) is -0.529. The zero-order valence-corrected chi connectivity index (χ0v) is 9.35. The molecule has 1 fully saturated rings. The molecule has 2 heterocycles. The first-order valence-corrected chi connectivity index (χ1v) is 5.37. The average Bonchev–Trinajstić information content (AvgIpc) is 2.28. The second kappa shape index (κ2) is 5.03. The van der Waals surface area contributed by atoms with E-state index in [4.69, 9.17) is 5.73 Å². The van der Waals surface area contributed by atoms with Gasteiger partial charge in [0.1, 0.15) is 0 Å². The van der Waals surface area contributed by atoms with Gasteiger partial charge in [-0.2, -0.15) is 0 Å². The van der Waals surface area contributed by atoms with E-state index < -0.39 is 0 Å². The Morgan fingerprint density at radius 2 is 2.06 bits per heavy atom. The quantitative estimate of drug-likeness (QED) is 0.655. The smallest absolute Gasteiger partial charge is 0.240 e. The van der Waals surface area contributed by atoms with Crippen molar-refractivity contribution < 1.29 is 9.59 Å². The summed E-state index contributed by atoms with van der Waals surface area (Å²) in [7, 11) is 0. The van der Waals surface area contributed by atoms with Crippen molar-refractivity contribution in [3.05, 3.63) is 29.6 Å². The van der Waals surface area contributed by atoms with Crippen molar-refractivity contribution in [1.29, 1.82) is 0 Å². The molecule has 0 radical (unpaired) electrons. The summed E-state index contributed by atoms with van der Waals surface area (Å²) in [6, 6.07) is 3.73. The third-order valence-electron chi connectivity index (χ3n) is 2.59. The highest BCUT2D eigenvalue weighted by Gasteiger charge is 2.22. The molecule has 2 rings (SSSR count). The highest BCUT2D eigenvalue weighted by molar-refractivity contribution is 5.99. The maximum atomic E-state index is 11.2. The highest BCUT2D eigenvalue weighted by Crippen LogP contribution is 2.09. The predicted octanol–water partition coefficient (Wildman–Crippen LogP) is -1.00. The van der Waals surface area contributed by atoms with E-state index in [1.807, 2.05) is 12.1 Å². The first kappa shape index (κ1) is 11.7. The van der Waals surface area contributed by atoms with Gasteiger partial charge in [-0.05, 0) is 11.6 Å². The SMILES string of the molecule is NCc1ncccc1CN1CC(=O)NC(=O)C1. The number of imide groups is 1. The van der Waals surface area contributed by atoms with Crippen molar-refractivity contribution in [3.63, 3.8) is 0 Å². The van der Waals surface area contributed by atoms with Gasteiger partial charge in [0, 0.05) is 19.3 Å². The van der Waals surface area contributed by atoms with Gasteiger partial charge >= 0.3 is 0 Å². The van der Waals surface area contributed by atoms with Crippen molar-refractivity contribution in [1.82, 2.24) is 15.2 Å². The average molecular weight is 234 g/mol. The Bertz CT molecular complexity index is 431. The topological polar surface area (TPSA) is 88.3 Å². The number of nitrogens with two attached hydrogens (primary N) is 1. The second-order valence-electron chi connectivity index (χ2n) is 3.93. The molecule has 17 heavy (non-hydrogen) atoms. The number of amides is 2. The molecule has 0 unspecified atom stereocenters. The number of nitrogens with zero attached hydrogens (tertiary/aromatic N) is 2. The molecule has 0 atom stereocenters. The lowest BCUT2D eigenvalue weighted by molar-refractivity contribution is -0.136. The zero-order valence-electron chi connectivity index (χ0n) is 9.35. The number of hydrogen-bond donors (Lipinski definition) is 2. The summed E-state index contributed by atoms with van der Waals surface area (Å²) in [5, 5.41) is 2.26. The van der Waals surface area contributed by atoms with Gasteiger partial charge < -0.3 is 5.73 Å². The Hall–Kier alpha value is -1.79. The monoisotopic (exact) mass is 234 g/mol. The van der Waals surface area contributed by atoms with Gasteiger partial charge in [0.05, 0.1) is 18.8 Å². The molecule has 0 saturated carbocycles. The summed E-state index contributed by atoms with van der Waals surface area (Å²) in [6.07, 6.45) is 1.68.